The Morgan fingerprint density at radius 3 is 2.03 bits per heavy atom. The first kappa shape index (κ1) is 19.9. The van der Waals surface area contributed by atoms with Gasteiger partial charge in [0.2, 0.25) is 11.7 Å². The maximum absolute atomic E-state index is 11.7. The molecule has 0 amide bonds. The molecule has 150 valence electrons. The molecule has 0 atom stereocenters. The molecule has 0 unspecified atom stereocenters. The number of hydrogen-bond donors (Lipinski definition) is 1. The summed E-state index contributed by atoms with van der Waals surface area (Å²) in [6.45, 7) is 0. The smallest absolute Gasteiger partial charge is 0.337 e. The summed E-state index contributed by atoms with van der Waals surface area (Å²) in [5.41, 5.74) is 9.13. The number of methoxy groups -OCH3 is 4. The van der Waals surface area contributed by atoms with Crippen molar-refractivity contribution in [2.45, 2.75) is 0 Å². The molecule has 8 nitrogen and oxygen atoms in total. The van der Waals surface area contributed by atoms with Crippen LogP contribution < -0.4 is 19.9 Å². The molecule has 0 fully saturated rings. The summed E-state index contributed by atoms with van der Waals surface area (Å²) in [5.74, 6) is 1.18. The molecule has 0 aliphatic carbocycles. The minimum atomic E-state index is -0.407. The van der Waals surface area contributed by atoms with Crippen LogP contribution in [0.3, 0.4) is 0 Å². The Hall–Kier alpha value is -3.81. The van der Waals surface area contributed by atoms with Gasteiger partial charge in [0.05, 0.1) is 39.7 Å². The lowest BCUT2D eigenvalue weighted by Gasteiger charge is -2.15. The molecule has 2 aromatic carbocycles. The van der Waals surface area contributed by atoms with Crippen LogP contribution in [0.15, 0.2) is 42.6 Å². The number of nitrogens with two attached hydrogens (primary N) is 1. The van der Waals surface area contributed by atoms with Gasteiger partial charge in [-0.15, -0.1) is 0 Å². The first-order valence-electron chi connectivity index (χ1n) is 8.64. The van der Waals surface area contributed by atoms with Crippen LogP contribution >= 0.6 is 0 Å². The average molecular weight is 395 g/mol. The Bertz CT molecular complexity index is 1010. The van der Waals surface area contributed by atoms with Gasteiger partial charge in [-0.25, -0.2) is 14.8 Å². The number of ether oxygens (including phenoxy) is 4. The number of esters is 1. The minimum Gasteiger partial charge on any atom is -0.493 e. The SMILES string of the molecule is COC(=O)c1ccc(-c2cnc(N)nc2-c2cc(OC)c(OC)c(OC)c2)cc1. The molecular weight excluding hydrogens is 374 g/mol. The molecule has 0 aliphatic heterocycles. The van der Waals surface area contributed by atoms with E-state index in [0.717, 1.165) is 11.1 Å². The third kappa shape index (κ3) is 3.91. The predicted molar refractivity (Wildman–Crippen MR) is 108 cm³/mol. The van der Waals surface area contributed by atoms with E-state index in [-0.39, 0.29) is 5.95 Å². The molecule has 0 radical (unpaired) electrons. The van der Waals surface area contributed by atoms with E-state index >= 15 is 0 Å². The van der Waals surface area contributed by atoms with E-state index in [9.17, 15) is 4.79 Å². The van der Waals surface area contributed by atoms with Crippen molar-refractivity contribution in [3.63, 3.8) is 0 Å². The van der Waals surface area contributed by atoms with Gasteiger partial charge < -0.3 is 24.7 Å². The number of rotatable bonds is 6. The van der Waals surface area contributed by atoms with E-state index in [2.05, 4.69) is 9.97 Å². The molecular formula is C21H21N3O5. The predicted octanol–water partition coefficient (Wildman–Crippen LogP) is 3.21. The molecule has 0 spiro atoms. The van der Waals surface area contributed by atoms with E-state index in [0.29, 0.717) is 34.1 Å². The normalized spacial score (nSPS) is 10.3. The second-order valence-corrected chi connectivity index (χ2v) is 5.97. The average Bonchev–Trinajstić information content (AvgIpc) is 2.77. The Balaban J connectivity index is 2.17. The van der Waals surface area contributed by atoms with Crippen LogP contribution in [0.5, 0.6) is 17.2 Å². The molecule has 3 rings (SSSR count). The van der Waals surface area contributed by atoms with E-state index in [1.54, 1.807) is 56.8 Å². The highest BCUT2D eigenvalue weighted by Gasteiger charge is 2.18. The third-order valence-electron chi connectivity index (χ3n) is 4.36. The minimum absolute atomic E-state index is 0.128. The van der Waals surface area contributed by atoms with E-state index in [4.69, 9.17) is 24.7 Å². The van der Waals surface area contributed by atoms with Crippen molar-refractivity contribution in [3.05, 3.63) is 48.2 Å². The molecule has 8 heteroatoms. The summed E-state index contributed by atoms with van der Waals surface area (Å²) in [7, 11) is 5.97. The van der Waals surface area contributed by atoms with E-state index < -0.39 is 5.97 Å². The fraction of sp³-hybridized carbons (Fsp3) is 0.190. The summed E-state index contributed by atoms with van der Waals surface area (Å²) in [6.07, 6.45) is 1.63. The van der Waals surface area contributed by atoms with Crippen molar-refractivity contribution >= 4 is 11.9 Å². The summed E-state index contributed by atoms with van der Waals surface area (Å²) in [5, 5.41) is 0. The summed E-state index contributed by atoms with van der Waals surface area (Å²) in [6, 6.07) is 10.5. The number of hydrogen-bond acceptors (Lipinski definition) is 8. The van der Waals surface area contributed by atoms with Crippen molar-refractivity contribution in [2.24, 2.45) is 0 Å². The Morgan fingerprint density at radius 1 is 0.897 bits per heavy atom. The highest BCUT2D eigenvalue weighted by atomic mass is 16.5. The molecule has 0 saturated heterocycles. The van der Waals surface area contributed by atoms with Gasteiger partial charge in [-0.1, -0.05) is 12.1 Å². The lowest BCUT2D eigenvalue weighted by atomic mass is 9.99. The molecule has 29 heavy (non-hydrogen) atoms. The zero-order valence-electron chi connectivity index (χ0n) is 16.6. The maximum atomic E-state index is 11.7. The highest BCUT2D eigenvalue weighted by Crippen LogP contribution is 2.42. The van der Waals surface area contributed by atoms with Crippen molar-refractivity contribution in [1.29, 1.82) is 0 Å². The van der Waals surface area contributed by atoms with Gasteiger partial charge in [0.25, 0.3) is 0 Å². The zero-order valence-corrected chi connectivity index (χ0v) is 16.6. The van der Waals surface area contributed by atoms with Crippen LogP contribution in [0.25, 0.3) is 22.4 Å². The topological polar surface area (TPSA) is 106 Å². The fourth-order valence-electron chi connectivity index (χ4n) is 2.95. The van der Waals surface area contributed by atoms with Crippen molar-refractivity contribution < 1.29 is 23.7 Å². The number of carbonyl (C=O) groups is 1. The number of benzene rings is 2. The van der Waals surface area contributed by atoms with Gasteiger partial charge in [-0.3, -0.25) is 0 Å². The number of aromatic nitrogens is 2. The Labute approximate surface area is 168 Å². The lowest BCUT2D eigenvalue weighted by Crippen LogP contribution is -2.02. The van der Waals surface area contributed by atoms with Crippen LogP contribution in [0.2, 0.25) is 0 Å². The first-order chi connectivity index (χ1) is 14.0. The van der Waals surface area contributed by atoms with Crippen molar-refractivity contribution in [1.82, 2.24) is 9.97 Å². The van der Waals surface area contributed by atoms with Gasteiger partial charge in [0.15, 0.2) is 11.5 Å². The van der Waals surface area contributed by atoms with Gasteiger partial charge in [-0.2, -0.15) is 0 Å². The molecule has 3 aromatic rings. The highest BCUT2D eigenvalue weighted by molar-refractivity contribution is 5.90. The summed E-state index contributed by atoms with van der Waals surface area (Å²) >= 11 is 0. The molecule has 1 aromatic heterocycles. The number of carbonyl (C=O) groups excluding carboxylic acids is 1. The standard InChI is InChI=1S/C21H21N3O5/c1-26-16-9-14(10-17(27-2)19(16)28-3)18-15(11-23-21(22)24-18)12-5-7-13(8-6-12)20(25)29-4/h5-11H,1-4H3,(H2,22,23,24). The quantitative estimate of drug-likeness (QED) is 0.634. The second-order valence-electron chi connectivity index (χ2n) is 5.97. The van der Waals surface area contributed by atoms with Gasteiger partial charge >= 0.3 is 5.97 Å². The molecule has 0 bridgehead atoms. The number of nitrogens with zero attached hydrogens (tertiary/aromatic N) is 2. The first-order valence-corrected chi connectivity index (χ1v) is 8.64. The monoisotopic (exact) mass is 395 g/mol. The van der Waals surface area contributed by atoms with Crippen LogP contribution in [0.1, 0.15) is 10.4 Å². The van der Waals surface area contributed by atoms with Crippen molar-refractivity contribution in [3.8, 4) is 39.6 Å². The van der Waals surface area contributed by atoms with Gasteiger partial charge in [0, 0.05) is 17.3 Å². The molecule has 0 aliphatic rings. The summed E-state index contributed by atoms with van der Waals surface area (Å²) < 4.78 is 21.0. The van der Waals surface area contributed by atoms with Crippen LogP contribution in [0, 0.1) is 0 Å². The largest absolute Gasteiger partial charge is 0.493 e. The second kappa shape index (κ2) is 8.47. The third-order valence-corrected chi connectivity index (χ3v) is 4.36. The lowest BCUT2D eigenvalue weighted by molar-refractivity contribution is 0.0601. The van der Waals surface area contributed by atoms with Gasteiger partial charge in [-0.05, 0) is 29.8 Å². The zero-order chi connectivity index (χ0) is 21.0. The van der Waals surface area contributed by atoms with E-state index in [1.807, 2.05) is 0 Å². The Kier molecular flexibility index (Phi) is 5.82. The molecule has 0 saturated carbocycles. The summed E-state index contributed by atoms with van der Waals surface area (Å²) in [4.78, 5) is 20.2. The van der Waals surface area contributed by atoms with Crippen molar-refractivity contribution in [2.75, 3.05) is 34.2 Å². The fourth-order valence-corrected chi connectivity index (χ4v) is 2.95. The Morgan fingerprint density at radius 2 is 1.52 bits per heavy atom. The van der Waals surface area contributed by atoms with Crippen LogP contribution in [-0.4, -0.2) is 44.4 Å². The number of nitrogen functional groups attached to an aromatic ring is 1. The van der Waals surface area contributed by atoms with Crippen LogP contribution in [0.4, 0.5) is 5.95 Å². The van der Waals surface area contributed by atoms with Gasteiger partial charge in [0.1, 0.15) is 0 Å². The number of anilines is 1. The molecule has 1 heterocycles. The maximum Gasteiger partial charge on any atom is 0.337 e. The van der Waals surface area contributed by atoms with Crippen LogP contribution in [-0.2, 0) is 4.74 Å². The van der Waals surface area contributed by atoms with E-state index in [1.165, 1.54) is 14.2 Å². The molecule has 2 N–H and O–H groups in total.